The van der Waals surface area contributed by atoms with Crippen LogP contribution >= 0.6 is 11.3 Å². The zero-order valence-corrected chi connectivity index (χ0v) is 16.3. The Hall–Kier alpha value is -2.45. The molecule has 4 aromatic carbocycles. The molecule has 1 nitrogen and oxygen atoms in total. The van der Waals surface area contributed by atoms with E-state index in [9.17, 15) is 0 Å². The average molecular weight is 414 g/mol. The molecule has 0 bridgehead atoms. The normalized spacial score (nSPS) is 11.8. The van der Waals surface area contributed by atoms with Crippen molar-refractivity contribution in [2.24, 2.45) is 0 Å². The Balaban J connectivity index is 1.83. The van der Waals surface area contributed by atoms with Crippen LogP contribution in [0.3, 0.4) is 0 Å². The summed E-state index contributed by atoms with van der Waals surface area (Å²) in [7, 11) is 0. The molecule has 0 saturated heterocycles. The number of nitrogens with zero attached hydrogens (tertiary/aromatic N) is 1. The van der Waals surface area contributed by atoms with Crippen LogP contribution in [0.2, 0.25) is 0 Å². The monoisotopic (exact) mass is 415 g/mol. The van der Waals surface area contributed by atoms with Crippen LogP contribution in [0.1, 0.15) is 0 Å². The van der Waals surface area contributed by atoms with Crippen molar-refractivity contribution < 1.29 is 0 Å². The molecule has 6 rings (SSSR count). The summed E-state index contributed by atoms with van der Waals surface area (Å²) in [5.74, 6) is 0. The third kappa shape index (κ3) is 2.05. The van der Waals surface area contributed by atoms with Gasteiger partial charge in [-0.15, -0.1) is 0 Å². The number of rotatable bonds is 1. The van der Waals surface area contributed by atoms with E-state index in [2.05, 4.69) is 78.9 Å². The first-order chi connectivity index (χ1) is 12.9. The molecule has 2 aromatic heterocycles. The molecule has 0 amide bonds. The van der Waals surface area contributed by atoms with Crippen molar-refractivity contribution in [3.63, 3.8) is 0 Å². The van der Waals surface area contributed by atoms with Crippen molar-refractivity contribution >= 4 is 66.6 Å². The van der Waals surface area contributed by atoms with Gasteiger partial charge in [-0.25, -0.2) is 0 Å². The van der Waals surface area contributed by atoms with Gasteiger partial charge in [-0.1, -0.05) is 0 Å². The van der Waals surface area contributed by atoms with Gasteiger partial charge in [0.1, 0.15) is 0 Å². The Morgan fingerprint density at radius 1 is 0.769 bits per heavy atom. The number of thiophene rings is 1. The summed E-state index contributed by atoms with van der Waals surface area (Å²) in [6.07, 6.45) is 0. The molecule has 0 spiro atoms. The standard InChI is InChI=1S/C23H13NSSe/c1-2-8-15-14(7-1)13-17(23-24-18-10-4-6-12-20(18)26-23)21-16-9-3-5-11-19(16)25-22(15)21/h1-13H. The second-order valence-electron chi connectivity index (χ2n) is 6.43. The number of para-hydroxylation sites is 1. The molecule has 0 fully saturated rings. The van der Waals surface area contributed by atoms with Gasteiger partial charge in [0.15, 0.2) is 0 Å². The Labute approximate surface area is 160 Å². The van der Waals surface area contributed by atoms with Gasteiger partial charge in [-0.05, 0) is 0 Å². The molecule has 0 saturated carbocycles. The predicted octanol–water partition coefficient (Wildman–Crippen LogP) is 6.48. The van der Waals surface area contributed by atoms with Gasteiger partial charge in [-0.3, -0.25) is 0 Å². The molecule has 0 radical (unpaired) electrons. The SMILES string of the molecule is c1ccc2c(c1)cc(-c1nc3ccccc3[se]1)c1c3ccccc3sc21. The van der Waals surface area contributed by atoms with Crippen molar-refractivity contribution in [2.75, 3.05) is 0 Å². The molecule has 0 unspecified atom stereocenters. The van der Waals surface area contributed by atoms with Gasteiger partial charge in [0, 0.05) is 0 Å². The van der Waals surface area contributed by atoms with Crippen LogP contribution in [0.15, 0.2) is 78.9 Å². The fourth-order valence-corrected chi connectivity index (χ4v) is 7.05. The molecule has 2 heterocycles. The maximum absolute atomic E-state index is 5.01. The zero-order valence-electron chi connectivity index (χ0n) is 13.8. The van der Waals surface area contributed by atoms with Crippen LogP contribution in [-0.2, 0) is 0 Å². The van der Waals surface area contributed by atoms with Crippen LogP contribution in [0.25, 0.3) is 50.9 Å². The minimum absolute atomic E-state index is 0.259. The third-order valence-electron chi connectivity index (χ3n) is 4.89. The summed E-state index contributed by atoms with van der Waals surface area (Å²) in [5.41, 5.74) is 2.45. The number of benzene rings is 4. The molecule has 0 aliphatic rings. The van der Waals surface area contributed by atoms with Gasteiger partial charge in [0.25, 0.3) is 0 Å². The van der Waals surface area contributed by atoms with Crippen molar-refractivity contribution in [3.05, 3.63) is 78.9 Å². The van der Waals surface area contributed by atoms with E-state index < -0.39 is 0 Å². The summed E-state index contributed by atoms with van der Waals surface area (Å²) >= 11 is 2.16. The summed E-state index contributed by atoms with van der Waals surface area (Å²) in [4.78, 5) is 5.01. The summed E-state index contributed by atoms with van der Waals surface area (Å²) in [6.45, 7) is 0. The molecule has 26 heavy (non-hydrogen) atoms. The van der Waals surface area contributed by atoms with E-state index in [0.717, 1.165) is 5.52 Å². The Kier molecular flexibility index (Phi) is 3.12. The topological polar surface area (TPSA) is 12.9 Å². The molecule has 6 aromatic rings. The van der Waals surface area contributed by atoms with Crippen LogP contribution in [0.4, 0.5) is 0 Å². The number of aromatic nitrogens is 1. The van der Waals surface area contributed by atoms with Crippen molar-refractivity contribution in [1.29, 1.82) is 0 Å². The summed E-state index contributed by atoms with van der Waals surface area (Å²) < 4.78 is 5.37. The van der Waals surface area contributed by atoms with Crippen LogP contribution in [0.5, 0.6) is 0 Å². The van der Waals surface area contributed by atoms with E-state index >= 15 is 0 Å². The first-order valence-corrected chi connectivity index (χ1v) is 11.1. The van der Waals surface area contributed by atoms with E-state index in [4.69, 9.17) is 4.98 Å². The molecular weight excluding hydrogens is 401 g/mol. The minimum atomic E-state index is 0.259. The molecule has 3 heteroatoms. The van der Waals surface area contributed by atoms with Crippen LogP contribution in [0, 0.1) is 0 Å². The average Bonchev–Trinajstić information content (AvgIpc) is 3.29. The number of fused-ring (bicyclic) bond motifs is 6. The second kappa shape index (κ2) is 5.52. The predicted molar refractivity (Wildman–Crippen MR) is 115 cm³/mol. The van der Waals surface area contributed by atoms with Crippen molar-refractivity contribution in [1.82, 2.24) is 4.98 Å². The molecular formula is C23H13NSSe. The molecule has 0 atom stereocenters. The van der Waals surface area contributed by atoms with E-state index in [-0.39, 0.29) is 14.5 Å². The quantitative estimate of drug-likeness (QED) is 0.281. The Bertz CT molecular complexity index is 1410. The molecule has 122 valence electrons. The maximum atomic E-state index is 5.01. The van der Waals surface area contributed by atoms with Gasteiger partial charge >= 0.3 is 161 Å². The van der Waals surface area contributed by atoms with Crippen LogP contribution < -0.4 is 0 Å². The third-order valence-corrected chi connectivity index (χ3v) is 8.34. The second-order valence-corrected chi connectivity index (χ2v) is 9.65. The Morgan fingerprint density at radius 2 is 1.54 bits per heavy atom. The van der Waals surface area contributed by atoms with E-state index in [1.807, 2.05) is 11.3 Å². The van der Waals surface area contributed by atoms with Crippen molar-refractivity contribution in [2.45, 2.75) is 0 Å². The Morgan fingerprint density at radius 3 is 2.46 bits per heavy atom. The van der Waals surface area contributed by atoms with E-state index in [0.29, 0.717) is 0 Å². The molecule has 0 aliphatic heterocycles. The first kappa shape index (κ1) is 14.7. The first-order valence-electron chi connectivity index (χ1n) is 8.57. The number of hydrogen-bond acceptors (Lipinski definition) is 2. The van der Waals surface area contributed by atoms with E-state index in [1.54, 1.807) is 0 Å². The molecule has 0 N–H and O–H groups in total. The van der Waals surface area contributed by atoms with Crippen LogP contribution in [-0.4, -0.2) is 19.5 Å². The number of hydrogen-bond donors (Lipinski definition) is 0. The van der Waals surface area contributed by atoms with Gasteiger partial charge in [-0.2, -0.15) is 0 Å². The van der Waals surface area contributed by atoms with Crippen molar-refractivity contribution in [3.8, 4) is 10.1 Å². The fourth-order valence-electron chi connectivity index (χ4n) is 3.72. The summed E-state index contributed by atoms with van der Waals surface area (Å²) in [6, 6.07) is 28.4. The van der Waals surface area contributed by atoms with Gasteiger partial charge in [0.2, 0.25) is 0 Å². The fraction of sp³-hybridized carbons (Fsp3) is 0. The van der Waals surface area contributed by atoms with E-state index in [1.165, 1.54) is 45.3 Å². The van der Waals surface area contributed by atoms with Gasteiger partial charge in [0.05, 0.1) is 0 Å². The molecule has 0 aliphatic carbocycles. The zero-order chi connectivity index (χ0) is 17.1. The van der Waals surface area contributed by atoms with Gasteiger partial charge < -0.3 is 0 Å². The summed E-state index contributed by atoms with van der Waals surface area (Å²) in [5, 5.41) is 5.37.